The van der Waals surface area contributed by atoms with Crippen molar-refractivity contribution in [2.75, 3.05) is 6.26 Å². The zero-order valence-corrected chi connectivity index (χ0v) is 12.2. The number of rotatable bonds is 3. The van der Waals surface area contributed by atoms with Crippen molar-refractivity contribution in [2.45, 2.75) is 10.6 Å². The average molecular weight is 281 g/mol. The minimum absolute atomic E-state index is 0.153. The van der Waals surface area contributed by atoms with E-state index in [1.54, 1.807) is 12.1 Å². The van der Waals surface area contributed by atoms with E-state index >= 15 is 0 Å². The van der Waals surface area contributed by atoms with Gasteiger partial charge in [-0.15, -0.1) is 0 Å². The molecule has 1 N–H and O–H groups in total. The van der Waals surface area contributed by atoms with E-state index in [9.17, 15) is 5.11 Å². The molecule has 20 heavy (non-hydrogen) atoms. The molecule has 3 rings (SSSR count). The summed E-state index contributed by atoms with van der Waals surface area (Å²) in [6, 6.07) is 22.6. The standard InChI is InChI=1S/C18H16OS/c1-20(13-14-9-11-16(19)12-10-14)18-8-4-6-15-5-2-3-7-17(15)18/h2-12H,13H2,1H3/p+1. The van der Waals surface area contributed by atoms with Crippen molar-refractivity contribution in [1.29, 1.82) is 0 Å². The monoisotopic (exact) mass is 281 g/mol. The summed E-state index contributed by atoms with van der Waals surface area (Å²) in [4.78, 5) is 1.41. The third-order valence-electron chi connectivity index (χ3n) is 3.44. The van der Waals surface area contributed by atoms with Crippen LogP contribution >= 0.6 is 0 Å². The number of aromatic hydroxyl groups is 1. The lowest BCUT2D eigenvalue weighted by Gasteiger charge is -2.07. The minimum atomic E-state index is 0.153. The van der Waals surface area contributed by atoms with Gasteiger partial charge in [0.15, 0.2) is 4.90 Å². The van der Waals surface area contributed by atoms with E-state index in [-0.39, 0.29) is 10.9 Å². The van der Waals surface area contributed by atoms with Crippen molar-refractivity contribution in [3.63, 3.8) is 0 Å². The topological polar surface area (TPSA) is 20.2 Å². The molecule has 0 amide bonds. The molecule has 100 valence electrons. The van der Waals surface area contributed by atoms with Crippen LogP contribution < -0.4 is 0 Å². The van der Waals surface area contributed by atoms with Crippen molar-refractivity contribution < 1.29 is 5.11 Å². The molecule has 1 atom stereocenters. The Morgan fingerprint density at radius 3 is 2.35 bits per heavy atom. The third-order valence-corrected chi connectivity index (χ3v) is 5.32. The average Bonchev–Trinajstić information content (AvgIpc) is 2.49. The van der Waals surface area contributed by atoms with Crippen LogP contribution in [0, 0.1) is 0 Å². The third kappa shape index (κ3) is 2.66. The van der Waals surface area contributed by atoms with Gasteiger partial charge in [-0.3, -0.25) is 0 Å². The highest BCUT2D eigenvalue weighted by Gasteiger charge is 2.18. The predicted octanol–water partition coefficient (Wildman–Crippen LogP) is 4.35. The van der Waals surface area contributed by atoms with Crippen molar-refractivity contribution in [2.24, 2.45) is 0 Å². The van der Waals surface area contributed by atoms with Crippen molar-refractivity contribution in [1.82, 2.24) is 0 Å². The molecule has 0 aromatic heterocycles. The predicted molar refractivity (Wildman–Crippen MR) is 87.3 cm³/mol. The first-order valence-electron chi connectivity index (χ1n) is 6.62. The Bertz CT molecular complexity index is 714. The fourth-order valence-corrected chi connectivity index (χ4v) is 4.14. The maximum atomic E-state index is 9.35. The van der Waals surface area contributed by atoms with Crippen molar-refractivity contribution in [3.05, 3.63) is 72.3 Å². The first-order chi connectivity index (χ1) is 9.74. The number of hydrogen-bond donors (Lipinski definition) is 1. The summed E-state index contributed by atoms with van der Waals surface area (Å²) in [5.74, 6) is 1.34. The molecule has 0 fully saturated rings. The Labute approximate surface area is 122 Å². The molecule has 0 spiro atoms. The Morgan fingerprint density at radius 2 is 1.55 bits per heavy atom. The van der Waals surface area contributed by atoms with Gasteiger partial charge in [-0.2, -0.15) is 0 Å². The summed E-state index contributed by atoms with van der Waals surface area (Å²) in [5.41, 5.74) is 1.27. The second kappa shape index (κ2) is 5.59. The summed E-state index contributed by atoms with van der Waals surface area (Å²) in [6.07, 6.45) is 2.29. The Balaban J connectivity index is 1.92. The molecule has 1 unspecified atom stereocenters. The summed E-state index contributed by atoms with van der Waals surface area (Å²) in [5, 5.41) is 12.0. The molecule has 0 saturated heterocycles. The maximum absolute atomic E-state index is 9.35. The fraction of sp³-hybridized carbons (Fsp3) is 0.111. The molecule has 0 radical (unpaired) electrons. The van der Waals surface area contributed by atoms with E-state index in [2.05, 4.69) is 48.7 Å². The Kier molecular flexibility index (Phi) is 3.66. The van der Waals surface area contributed by atoms with E-state index in [1.807, 2.05) is 12.1 Å². The van der Waals surface area contributed by atoms with Crippen molar-refractivity contribution >= 4 is 21.7 Å². The molecule has 3 aromatic carbocycles. The van der Waals surface area contributed by atoms with Crippen LogP contribution in [-0.2, 0) is 16.6 Å². The second-order valence-electron chi connectivity index (χ2n) is 4.93. The van der Waals surface area contributed by atoms with Crippen LogP contribution in [0.3, 0.4) is 0 Å². The van der Waals surface area contributed by atoms with Gasteiger partial charge >= 0.3 is 0 Å². The second-order valence-corrected chi connectivity index (χ2v) is 6.93. The van der Waals surface area contributed by atoms with E-state index in [0.29, 0.717) is 5.75 Å². The van der Waals surface area contributed by atoms with Gasteiger partial charge < -0.3 is 5.11 Å². The van der Waals surface area contributed by atoms with Gasteiger partial charge in [-0.25, -0.2) is 0 Å². The van der Waals surface area contributed by atoms with Crippen LogP contribution in [0.5, 0.6) is 5.75 Å². The van der Waals surface area contributed by atoms with Gasteiger partial charge in [0.25, 0.3) is 0 Å². The highest BCUT2D eigenvalue weighted by molar-refractivity contribution is 7.95. The molecule has 2 heteroatoms. The number of fused-ring (bicyclic) bond motifs is 1. The molecule has 0 bridgehead atoms. The smallest absolute Gasteiger partial charge is 0.162 e. The van der Waals surface area contributed by atoms with Gasteiger partial charge in [0.1, 0.15) is 17.8 Å². The molecule has 0 saturated carbocycles. The highest BCUT2D eigenvalue weighted by atomic mass is 32.2. The summed E-state index contributed by atoms with van der Waals surface area (Å²) < 4.78 is 0. The lowest BCUT2D eigenvalue weighted by atomic mass is 10.1. The van der Waals surface area contributed by atoms with Gasteiger partial charge in [-0.1, -0.05) is 42.5 Å². The highest BCUT2D eigenvalue weighted by Crippen LogP contribution is 2.26. The Morgan fingerprint density at radius 1 is 0.850 bits per heavy atom. The summed E-state index contributed by atoms with van der Waals surface area (Å²) in [7, 11) is 0.153. The molecular formula is C18H17OS+. The van der Waals surface area contributed by atoms with E-state index in [4.69, 9.17) is 0 Å². The summed E-state index contributed by atoms with van der Waals surface area (Å²) in [6.45, 7) is 0. The molecule has 3 aromatic rings. The normalized spacial score (nSPS) is 12.4. The van der Waals surface area contributed by atoms with E-state index < -0.39 is 0 Å². The van der Waals surface area contributed by atoms with Crippen LogP contribution in [-0.4, -0.2) is 11.4 Å². The molecule has 0 heterocycles. The minimum Gasteiger partial charge on any atom is -0.508 e. The van der Waals surface area contributed by atoms with Crippen LogP contribution in [0.1, 0.15) is 5.56 Å². The molecule has 1 nitrogen and oxygen atoms in total. The fourth-order valence-electron chi connectivity index (χ4n) is 2.42. The van der Waals surface area contributed by atoms with E-state index in [1.165, 1.54) is 21.2 Å². The number of hydrogen-bond acceptors (Lipinski definition) is 1. The SMILES string of the molecule is C[S+](Cc1ccc(O)cc1)c1cccc2ccccc12. The zero-order chi connectivity index (χ0) is 13.9. The van der Waals surface area contributed by atoms with Gasteiger partial charge in [0, 0.05) is 21.8 Å². The molecule has 0 aliphatic rings. The van der Waals surface area contributed by atoms with E-state index in [0.717, 1.165) is 5.75 Å². The summed E-state index contributed by atoms with van der Waals surface area (Å²) >= 11 is 0. The van der Waals surface area contributed by atoms with Crippen LogP contribution in [0.4, 0.5) is 0 Å². The molecule has 0 aliphatic heterocycles. The van der Waals surface area contributed by atoms with Gasteiger partial charge in [0.05, 0.1) is 0 Å². The lowest BCUT2D eigenvalue weighted by molar-refractivity contribution is 0.475. The van der Waals surface area contributed by atoms with Crippen LogP contribution in [0.2, 0.25) is 0 Å². The molecular weight excluding hydrogens is 264 g/mol. The van der Waals surface area contributed by atoms with Gasteiger partial charge in [0.2, 0.25) is 0 Å². The number of phenolic OH excluding ortho intramolecular Hbond substituents is 1. The van der Waals surface area contributed by atoms with Crippen LogP contribution in [0.15, 0.2) is 71.6 Å². The lowest BCUT2D eigenvalue weighted by Crippen LogP contribution is -2.04. The number of benzene rings is 3. The Hall–Kier alpha value is -1.93. The number of phenols is 1. The molecule has 0 aliphatic carbocycles. The largest absolute Gasteiger partial charge is 0.508 e. The first-order valence-corrected chi connectivity index (χ1v) is 8.42. The zero-order valence-electron chi connectivity index (χ0n) is 11.4. The quantitative estimate of drug-likeness (QED) is 0.708. The van der Waals surface area contributed by atoms with Crippen molar-refractivity contribution in [3.8, 4) is 5.75 Å². The maximum Gasteiger partial charge on any atom is 0.162 e. The van der Waals surface area contributed by atoms with Gasteiger partial charge in [-0.05, 0) is 29.7 Å². The van der Waals surface area contributed by atoms with Crippen LogP contribution in [0.25, 0.3) is 10.8 Å². The first kappa shape index (κ1) is 13.1.